The van der Waals surface area contributed by atoms with Gasteiger partial charge in [-0.1, -0.05) is 25.3 Å². The molecule has 0 amide bonds. The molecular formula is C19H29NO. The minimum absolute atomic E-state index is 0.386. The summed E-state index contributed by atoms with van der Waals surface area (Å²) in [4.78, 5) is 0. The van der Waals surface area contributed by atoms with Crippen molar-refractivity contribution in [3.05, 3.63) is 28.8 Å². The molecule has 2 nitrogen and oxygen atoms in total. The van der Waals surface area contributed by atoms with Gasteiger partial charge in [0.1, 0.15) is 11.9 Å². The van der Waals surface area contributed by atoms with Crippen molar-refractivity contribution in [2.24, 2.45) is 5.41 Å². The highest BCUT2D eigenvalue weighted by Gasteiger charge is 2.56. The smallest absolute Gasteiger partial charge is 0.123 e. The zero-order valence-electron chi connectivity index (χ0n) is 14.0. The number of hydrogen-bond donors (Lipinski definition) is 1. The van der Waals surface area contributed by atoms with Gasteiger partial charge in [0.05, 0.1) is 0 Å². The van der Waals surface area contributed by atoms with Crippen LogP contribution in [0.25, 0.3) is 0 Å². The van der Waals surface area contributed by atoms with Crippen LogP contribution < -0.4 is 10.1 Å². The average Bonchev–Trinajstić information content (AvgIpc) is 2.48. The minimum Gasteiger partial charge on any atom is -0.489 e. The third-order valence-corrected chi connectivity index (χ3v) is 5.95. The van der Waals surface area contributed by atoms with E-state index in [-0.39, 0.29) is 0 Å². The maximum Gasteiger partial charge on any atom is 0.123 e. The molecule has 2 unspecified atom stereocenters. The topological polar surface area (TPSA) is 21.3 Å². The zero-order valence-corrected chi connectivity index (χ0v) is 14.0. The van der Waals surface area contributed by atoms with Crippen molar-refractivity contribution < 1.29 is 4.74 Å². The summed E-state index contributed by atoms with van der Waals surface area (Å²) in [6, 6.07) is 5.11. The van der Waals surface area contributed by atoms with Crippen molar-refractivity contribution in [1.82, 2.24) is 5.32 Å². The molecule has 0 aliphatic heterocycles. The molecule has 116 valence electrons. The Morgan fingerprint density at radius 3 is 2.48 bits per heavy atom. The fourth-order valence-electron chi connectivity index (χ4n) is 4.48. The van der Waals surface area contributed by atoms with E-state index < -0.39 is 0 Å². The van der Waals surface area contributed by atoms with Crippen LogP contribution in [0.2, 0.25) is 0 Å². The molecule has 1 aromatic carbocycles. The number of aryl methyl sites for hydroxylation is 2. The summed E-state index contributed by atoms with van der Waals surface area (Å²) >= 11 is 0. The number of ether oxygens (including phenoxy) is 1. The molecule has 1 N–H and O–H groups in total. The predicted molar refractivity (Wildman–Crippen MR) is 88.1 cm³/mol. The summed E-state index contributed by atoms with van der Waals surface area (Å²) in [6.45, 7) is 6.53. The molecule has 0 aromatic heterocycles. The summed E-state index contributed by atoms with van der Waals surface area (Å²) < 4.78 is 6.53. The van der Waals surface area contributed by atoms with Gasteiger partial charge in [-0.2, -0.15) is 0 Å². The molecule has 2 aliphatic rings. The van der Waals surface area contributed by atoms with Crippen molar-refractivity contribution in [1.29, 1.82) is 0 Å². The van der Waals surface area contributed by atoms with E-state index in [1.807, 2.05) is 0 Å². The minimum atomic E-state index is 0.386. The largest absolute Gasteiger partial charge is 0.489 e. The number of benzene rings is 1. The van der Waals surface area contributed by atoms with E-state index in [4.69, 9.17) is 4.74 Å². The van der Waals surface area contributed by atoms with E-state index in [0.29, 0.717) is 17.6 Å². The highest BCUT2D eigenvalue weighted by molar-refractivity contribution is 5.42. The first kappa shape index (κ1) is 14.9. The highest BCUT2D eigenvalue weighted by Crippen LogP contribution is 2.53. The number of rotatable bonds is 3. The lowest BCUT2D eigenvalue weighted by Gasteiger charge is -2.57. The molecule has 2 heteroatoms. The maximum atomic E-state index is 6.53. The van der Waals surface area contributed by atoms with Crippen molar-refractivity contribution in [3.8, 4) is 5.75 Å². The van der Waals surface area contributed by atoms with Gasteiger partial charge in [-0.25, -0.2) is 0 Å². The molecule has 2 atom stereocenters. The van der Waals surface area contributed by atoms with Crippen LogP contribution in [0, 0.1) is 26.2 Å². The zero-order chi connectivity index (χ0) is 15.0. The molecule has 3 rings (SSSR count). The average molecular weight is 287 g/mol. The van der Waals surface area contributed by atoms with Crippen LogP contribution in [-0.2, 0) is 0 Å². The van der Waals surface area contributed by atoms with Gasteiger partial charge in [0.25, 0.3) is 0 Å². The quantitative estimate of drug-likeness (QED) is 0.895. The fourth-order valence-corrected chi connectivity index (χ4v) is 4.48. The molecule has 0 saturated heterocycles. The van der Waals surface area contributed by atoms with E-state index in [9.17, 15) is 0 Å². The number of nitrogens with one attached hydrogen (secondary N) is 1. The lowest BCUT2D eigenvalue weighted by atomic mass is 9.55. The lowest BCUT2D eigenvalue weighted by Crippen LogP contribution is -2.64. The third-order valence-electron chi connectivity index (χ3n) is 5.95. The van der Waals surface area contributed by atoms with Crippen LogP contribution >= 0.6 is 0 Å². The predicted octanol–water partition coefficient (Wildman–Crippen LogP) is 4.30. The molecule has 2 fully saturated rings. The van der Waals surface area contributed by atoms with Crippen LogP contribution in [0.15, 0.2) is 12.1 Å². The van der Waals surface area contributed by atoms with Gasteiger partial charge in [0.2, 0.25) is 0 Å². The Balaban J connectivity index is 1.82. The van der Waals surface area contributed by atoms with Gasteiger partial charge < -0.3 is 10.1 Å². The third kappa shape index (κ3) is 2.48. The van der Waals surface area contributed by atoms with Crippen LogP contribution in [-0.4, -0.2) is 19.2 Å². The van der Waals surface area contributed by atoms with Crippen LogP contribution in [0.1, 0.15) is 55.2 Å². The van der Waals surface area contributed by atoms with Crippen LogP contribution in [0.3, 0.4) is 0 Å². The normalized spacial score (nSPS) is 27.4. The summed E-state index contributed by atoms with van der Waals surface area (Å²) in [5.74, 6) is 1.11. The second-order valence-corrected chi connectivity index (χ2v) is 7.18. The first-order chi connectivity index (χ1) is 10.1. The van der Waals surface area contributed by atoms with Crippen molar-refractivity contribution in [2.75, 3.05) is 7.05 Å². The first-order valence-corrected chi connectivity index (χ1v) is 8.48. The molecule has 2 saturated carbocycles. The van der Waals surface area contributed by atoms with E-state index in [1.54, 1.807) is 0 Å². The van der Waals surface area contributed by atoms with E-state index in [2.05, 4.69) is 45.3 Å². The maximum absolute atomic E-state index is 6.53. The van der Waals surface area contributed by atoms with Crippen molar-refractivity contribution in [3.63, 3.8) is 0 Å². The molecule has 1 spiro atoms. The molecule has 21 heavy (non-hydrogen) atoms. The Bertz CT molecular complexity index is 517. The van der Waals surface area contributed by atoms with Gasteiger partial charge in [-0.3, -0.25) is 0 Å². The molecule has 0 bridgehead atoms. The van der Waals surface area contributed by atoms with Gasteiger partial charge in [0, 0.05) is 17.9 Å². The standard InChI is InChI=1S/C19H29NO/c1-13-10-14(2)15(3)16(11-13)21-18-12-17(20-4)19(18)8-6-5-7-9-19/h10-11,17-18,20H,5-9,12H2,1-4H3. The monoisotopic (exact) mass is 287 g/mol. The Kier molecular flexibility index (Phi) is 4.00. The van der Waals surface area contributed by atoms with E-state index >= 15 is 0 Å². The van der Waals surface area contributed by atoms with Crippen molar-refractivity contribution >= 4 is 0 Å². The van der Waals surface area contributed by atoms with Gasteiger partial charge in [0.15, 0.2) is 0 Å². The number of hydrogen-bond acceptors (Lipinski definition) is 2. The Morgan fingerprint density at radius 1 is 1.10 bits per heavy atom. The molecule has 2 aliphatic carbocycles. The highest BCUT2D eigenvalue weighted by atomic mass is 16.5. The molecule has 1 aromatic rings. The Hall–Kier alpha value is -1.02. The fraction of sp³-hybridized carbons (Fsp3) is 0.684. The second-order valence-electron chi connectivity index (χ2n) is 7.18. The van der Waals surface area contributed by atoms with E-state index in [0.717, 1.165) is 12.2 Å². The SMILES string of the molecule is CNC1CC(Oc2cc(C)cc(C)c2C)C12CCCCC2. The Labute approximate surface area is 129 Å². The van der Waals surface area contributed by atoms with E-state index in [1.165, 1.54) is 48.8 Å². The summed E-state index contributed by atoms with van der Waals surface area (Å²) in [7, 11) is 2.11. The summed E-state index contributed by atoms with van der Waals surface area (Å²) in [5, 5.41) is 3.54. The van der Waals surface area contributed by atoms with Crippen LogP contribution in [0.5, 0.6) is 5.75 Å². The molecule has 0 heterocycles. The second kappa shape index (κ2) is 5.64. The van der Waals surface area contributed by atoms with Crippen LogP contribution in [0.4, 0.5) is 0 Å². The Morgan fingerprint density at radius 2 is 1.81 bits per heavy atom. The van der Waals surface area contributed by atoms with Crippen molar-refractivity contribution in [2.45, 2.75) is 71.4 Å². The summed E-state index contributed by atoms with van der Waals surface area (Å²) in [5.41, 5.74) is 4.33. The first-order valence-electron chi connectivity index (χ1n) is 8.48. The lowest BCUT2D eigenvalue weighted by molar-refractivity contribution is -0.101. The molecular weight excluding hydrogens is 258 g/mol. The van der Waals surface area contributed by atoms with Gasteiger partial charge in [-0.05, 0) is 63.4 Å². The van der Waals surface area contributed by atoms with Gasteiger partial charge in [-0.15, -0.1) is 0 Å². The van der Waals surface area contributed by atoms with Gasteiger partial charge >= 0.3 is 0 Å². The molecule has 0 radical (unpaired) electrons. The summed E-state index contributed by atoms with van der Waals surface area (Å²) in [6.07, 6.45) is 8.33.